The van der Waals surface area contributed by atoms with Gasteiger partial charge in [0.15, 0.2) is 0 Å². The number of nitrogens with zero attached hydrogens (tertiary/aromatic N) is 3. The first-order valence-corrected chi connectivity index (χ1v) is 8.79. The molecule has 0 aliphatic carbocycles. The third-order valence-corrected chi connectivity index (χ3v) is 5.36. The lowest BCUT2D eigenvalue weighted by atomic mass is 9.98. The molecule has 3 heterocycles. The minimum Gasteiger partial charge on any atom is -0.337 e. The number of fused-ring (bicyclic) bond motifs is 1. The molecule has 1 atom stereocenters. The van der Waals surface area contributed by atoms with Gasteiger partial charge in [-0.15, -0.1) is 0 Å². The van der Waals surface area contributed by atoms with Crippen molar-refractivity contribution in [2.45, 2.75) is 45.3 Å². The van der Waals surface area contributed by atoms with Gasteiger partial charge < -0.3 is 4.90 Å². The van der Waals surface area contributed by atoms with Crippen LogP contribution in [0.25, 0.3) is 0 Å². The number of hydrogen-bond donors (Lipinski definition) is 1. The molecule has 0 bridgehead atoms. The van der Waals surface area contributed by atoms with Gasteiger partial charge in [0.05, 0.1) is 5.69 Å². The van der Waals surface area contributed by atoms with Crippen molar-refractivity contribution >= 4 is 5.91 Å². The molecule has 24 heavy (non-hydrogen) atoms. The molecule has 5 heteroatoms. The lowest BCUT2D eigenvalue weighted by Gasteiger charge is -2.40. The molecule has 126 valence electrons. The van der Waals surface area contributed by atoms with E-state index in [0.29, 0.717) is 12.5 Å². The topological polar surface area (TPSA) is 52.2 Å². The van der Waals surface area contributed by atoms with E-state index in [1.165, 1.54) is 22.5 Å². The average molecular weight is 324 g/mol. The predicted octanol–water partition coefficient (Wildman–Crippen LogP) is 2.27. The van der Waals surface area contributed by atoms with Crippen molar-refractivity contribution in [2.24, 2.45) is 0 Å². The Kier molecular flexibility index (Phi) is 4.10. The first-order chi connectivity index (χ1) is 11.7. The maximum absolute atomic E-state index is 12.3. The molecule has 0 saturated carbocycles. The summed E-state index contributed by atoms with van der Waals surface area (Å²) in [6.07, 6.45) is 2.63. The predicted molar refractivity (Wildman–Crippen MR) is 92.3 cm³/mol. The van der Waals surface area contributed by atoms with Crippen LogP contribution in [0.5, 0.6) is 0 Å². The number of benzene rings is 1. The fourth-order valence-corrected chi connectivity index (χ4v) is 3.91. The molecular formula is C19H24N4O. The number of likely N-dealkylation sites (tertiary alicyclic amines) is 1. The smallest absolute Gasteiger partial charge is 0.222 e. The molecule has 1 fully saturated rings. The summed E-state index contributed by atoms with van der Waals surface area (Å²) < 4.78 is 0. The molecule has 2 aromatic rings. The van der Waals surface area contributed by atoms with Crippen molar-refractivity contribution in [2.75, 3.05) is 13.1 Å². The highest BCUT2D eigenvalue weighted by atomic mass is 16.2. The maximum Gasteiger partial charge on any atom is 0.222 e. The minimum atomic E-state index is 0.285. The van der Waals surface area contributed by atoms with Gasteiger partial charge in [-0.25, -0.2) is 0 Å². The van der Waals surface area contributed by atoms with Crippen LogP contribution >= 0.6 is 0 Å². The highest BCUT2D eigenvalue weighted by molar-refractivity contribution is 5.77. The Morgan fingerprint density at radius 2 is 2.08 bits per heavy atom. The number of aromatic amines is 1. The SMILES string of the molecule is Cc1[nH]nc2c1CN(C1CCC(=O)N(Cc3ccccc3)C1)CC2. The molecule has 0 spiro atoms. The minimum absolute atomic E-state index is 0.285. The van der Waals surface area contributed by atoms with E-state index in [1.54, 1.807) is 0 Å². The quantitative estimate of drug-likeness (QED) is 0.942. The maximum atomic E-state index is 12.3. The van der Waals surface area contributed by atoms with Crippen LogP contribution in [0.15, 0.2) is 30.3 Å². The Labute approximate surface area is 142 Å². The van der Waals surface area contributed by atoms with E-state index in [9.17, 15) is 4.79 Å². The molecule has 1 unspecified atom stereocenters. The third-order valence-electron chi connectivity index (χ3n) is 5.36. The van der Waals surface area contributed by atoms with Crippen LogP contribution in [0.3, 0.4) is 0 Å². The molecule has 1 aromatic heterocycles. The second-order valence-electron chi connectivity index (χ2n) is 6.95. The molecule has 2 aliphatic rings. The summed E-state index contributed by atoms with van der Waals surface area (Å²) in [6.45, 7) is 5.65. The Balaban J connectivity index is 1.45. The van der Waals surface area contributed by atoms with Crippen molar-refractivity contribution in [1.29, 1.82) is 0 Å². The molecule has 1 aromatic carbocycles. The van der Waals surface area contributed by atoms with Crippen LogP contribution in [0.1, 0.15) is 35.4 Å². The molecule has 0 radical (unpaired) electrons. The van der Waals surface area contributed by atoms with E-state index in [2.05, 4.69) is 34.2 Å². The number of rotatable bonds is 3. The van der Waals surface area contributed by atoms with Crippen LogP contribution in [-0.4, -0.2) is 45.0 Å². The molecule has 1 N–H and O–H groups in total. The van der Waals surface area contributed by atoms with E-state index in [1.807, 2.05) is 23.1 Å². The number of H-pyrrole nitrogens is 1. The van der Waals surface area contributed by atoms with Crippen molar-refractivity contribution in [3.05, 3.63) is 52.8 Å². The number of aryl methyl sites for hydroxylation is 1. The van der Waals surface area contributed by atoms with Gasteiger partial charge in [-0.2, -0.15) is 5.10 Å². The lowest BCUT2D eigenvalue weighted by molar-refractivity contribution is -0.136. The standard InChI is InChI=1S/C19H24N4O/c1-14-17-13-22(10-9-18(17)21-20-14)16-7-8-19(24)23(12-16)11-15-5-3-2-4-6-15/h2-6,16H,7-13H2,1H3,(H,20,21). The van der Waals surface area contributed by atoms with Crippen LogP contribution < -0.4 is 0 Å². The zero-order chi connectivity index (χ0) is 16.5. The van der Waals surface area contributed by atoms with Gasteiger partial charge in [0, 0.05) is 56.3 Å². The van der Waals surface area contributed by atoms with Gasteiger partial charge in [-0.3, -0.25) is 14.8 Å². The molecule has 5 nitrogen and oxygen atoms in total. The summed E-state index contributed by atoms with van der Waals surface area (Å²) in [4.78, 5) is 16.9. The molecular weight excluding hydrogens is 300 g/mol. The average Bonchev–Trinajstić information content (AvgIpc) is 2.98. The number of hydrogen-bond acceptors (Lipinski definition) is 3. The van der Waals surface area contributed by atoms with Crippen LogP contribution in [0.2, 0.25) is 0 Å². The zero-order valence-corrected chi connectivity index (χ0v) is 14.2. The van der Waals surface area contributed by atoms with E-state index in [4.69, 9.17) is 0 Å². The second kappa shape index (κ2) is 6.40. The summed E-state index contributed by atoms with van der Waals surface area (Å²) in [7, 11) is 0. The Morgan fingerprint density at radius 3 is 2.92 bits per heavy atom. The van der Waals surface area contributed by atoms with Crippen molar-refractivity contribution < 1.29 is 4.79 Å². The largest absolute Gasteiger partial charge is 0.337 e. The van der Waals surface area contributed by atoms with Crippen molar-refractivity contribution in [3.63, 3.8) is 0 Å². The van der Waals surface area contributed by atoms with Crippen LogP contribution in [0, 0.1) is 6.92 Å². The summed E-state index contributed by atoms with van der Waals surface area (Å²) in [5.41, 5.74) is 4.96. The number of aromatic nitrogens is 2. The highest BCUT2D eigenvalue weighted by Gasteiger charge is 2.32. The molecule has 2 aliphatic heterocycles. The molecule has 1 saturated heterocycles. The summed E-state index contributed by atoms with van der Waals surface area (Å²) in [6, 6.07) is 10.7. The van der Waals surface area contributed by atoms with Crippen molar-refractivity contribution in [1.82, 2.24) is 20.0 Å². The number of carbonyl (C=O) groups is 1. The van der Waals surface area contributed by atoms with Crippen molar-refractivity contribution in [3.8, 4) is 0 Å². The van der Waals surface area contributed by atoms with E-state index in [-0.39, 0.29) is 5.91 Å². The summed E-state index contributed by atoms with van der Waals surface area (Å²) in [5.74, 6) is 0.285. The highest BCUT2D eigenvalue weighted by Crippen LogP contribution is 2.26. The van der Waals surface area contributed by atoms with Gasteiger partial charge in [-0.1, -0.05) is 30.3 Å². The van der Waals surface area contributed by atoms with Crippen LogP contribution in [0.4, 0.5) is 0 Å². The fraction of sp³-hybridized carbons (Fsp3) is 0.474. The first-order valence-electron chi connectivity index (χ1n) is 8.79. The Morgan fingerprint density at radius 1 is 1.25 bits per heavy atom. The number of carbonyl (C=O) groups excluding carboxylic acids is 1. The molecule has 1 amide bonds. The van der Waals surface area contributed by atoms with Gasteiger partial charge in [0.1, 0.15) is 0 Å². The zero-order valence-electron chi connectivity index (χ0n) is 14.2. The lowest BCUT2D eigenvalue weighted by Crippen LogP contribution is -2.51. The fourth-order valence-electron chi connectivity index (χ4n) is 3.91. The number of amides is 1. The van der Waals surface area contributed by atoms with E-state index >= 15 is 0 Å². The summed E-state index contributed by atoms with van der Waals surface area (Å²) >= 11 is 0. The normalized spacial score (nSPS) is 21.8. The van der Waals surface area contributed by atoms with Crippen LogP contribution in [-0.2, 0) is 24.3 Å². The number of piperidine rings is 1. The third kappa shape index (κ3) is 2.96. The van der Waals surface area contributed by atoms with Gasteiger partial charge in [0.25, 0.3) is 0 Å². The van der Waals surface area contributed by atoms with Gasteiger partial charge in [0.2, 0.25) is 5.91 Å². The first kappa shape index (κ1) is 15.4. The van der Waals surface area contributed by atoms with Gasteiger partial charge in [-0.05, 0) is 18.9 Å². The number of nitrogens with one attached hydrogen (secondary N) is 1. The Hall–Kier alpha value is -2.14. The Bertz CT molecular complexity index is 724. The second-order valence-corrected chi connectivity index (χ2v) is 6.95. The van der Waals surface area contributed by atoms with E-state index in [0.717, 1.165) is 39.0 Å². The van der Waals surface area contributed by atoms with Gasteiger partial charge >= 0.3 is 0 Å². The monoisotopic (exact) mass is 324 g/mol. The van der Waals surface area contributed by atoms with E-state index < -0.39 is 0 Å². The summed E-state index contributed by atoms with van der Waals surface area (Å²) in [5, 5.41) is 7.51. The molecule has 4 rings (SSSR count).